The van der Waals surface area contributed by atoms with Crippen molar-refractivity contribution in [3.63, 3.8) is 0 Å². The van der Waals surface area contributed by atoms with Crippen molar-refractivity contribution in [2.45, 2.75) is 69.1 Å². The lowest BCUT2D eigenvalue weighted by Gasteiger charge is -2.38. The van der Waals surface area contributed by atoms with E-state index in [4.69, 9.17) is 4.74 Å². The van der Waals surface area contributed by atoms with E-state index < -0.39 is 34.4 Å². The van der Waals surface area contributed by atoms with Gasteiger partial charge in [0.15, 0.2) is 0 Å². The summed E-state index contributed by atoms with van der Waals surface area (Å²) in [4.78, 5) is 34.3. The van der Waals surface area contributed by atoms with Crippen LogP contribution in [0.25, 0.3) is 22.2 Å². The van der Waals surface area contributed by atoms with Gasteiger partial charge in [-0.3, -0.25) is 5.32 Å². The number of fused-ring (bicyclic) bond motifs is 1. The summed E-state index contributed by atoms with van der Waals surface area (Å²) in [7, 11) is 1.22. The number of methoxy groups -OCH3 is 1. The van der Waals surface area contributed by atoms with E-state index in [0.29, 0.717) is 46.7 Å². The van der Waals surface area contributed by atoms with Crippen molar-refractivity contribution in [1.82, 2.24) is 20.3 Å². The number of carbonyl (C=O) groups is 2. The van der Waals surface area contributed by atoms with Crippen molar-refractivity contribution in [3.05, 3.63) is 34.6 Å². The molecule has 0 unspecified atom stereocenters. The number of aromatic amines is 1. The van der Waals surface area contributed by atoms with Crippen LogP contribution < -0.4 is 16.0 Å². The van der Waals surface area contributed by atoms with Crippen LogP contribution in [0.15, 0.2) is 29.0 Å². The largest absolute Gasteiger partial charge is 0.453 e. The van der Waals surface area contributed by atoms with Crippen molar-refractivity contribution in [2.75, 3.05) is 17.7 Å². The van der Waals surface area contributed by atoms with E-state index >= 15 is 0 Å². The molecular formula is C26H30BrF3N6O4S. The molecule has 0 radical (unpaired) electrons. The van der Waals surface area contributed by atoms with Gasteiger partial charge in [-0.25, -0.2) is 19.6 Å². The maximum atomic E-state index is 14.1. The van der Waals surface area contributed by atoms with Crippen LogP contribution in [-0.2, 0) is 15.7 Å². The zero-order valence-corrected chi connectivity index (χ0v) is 25.2. The van der Waals surface area contributed by atoms with Gasteiger partial charge in [-0.15, -0.1) is 0 Å². The fraction of sp³-hybridized carbons (Fsp3) is 0.462. The highest BCUT2D eigenvalue weighted by Gasteiger charge is 2.38. The number of alkyl carbamates (subject to hydrolysis) is 1. The molecule has 1 aliphatic carbocycles. The summed E-state index contributed by atoms with van der Waals surface area (Å²) >= 11 is 8.08. The smallest absolute Gasteiger partial charge is 0.419 e. The molecule has 4 rings (SSSR count). The third-order valence-corrected chi connectivity index (χ3v) is 7.70. The zero-order chi connectivity index (χ0) is 30.2. The highest BCUT2D eigenvalue weighted by atomic mass is 79.9. The monoisotopic (exact) mass is 658 g/mol. The topological polar surface area (TPSA) is 130 Å². The van der Waals surface area contributed by atoms with Crippen LogP contribution in [0.5, 0.6) is 0 Å². The number of carbonyl (C=O) groups excluding carboxylic acids is 2. The number of halogens is 4. The number of hydrogen-bond acceptors (Lipinski definition) is 8. The van der Waals surface area contributed by atoms with Crippen LogP contribution >= 0.6 is 28.6 Å². The van der Waals surface area contributed by atoms with Gasteiger partial charge in [0.1, 0.15) is 11.2 Å². The minimum atomic E-state index is -4.72. The highest BCUT2D eigenvalue weighted by molar-refractivity contribution is 9.10. The average Bonchev–Trinajstić information content (AvgIpc) is 3.28. The highest BCUT2D eigenvalue weighted by Crippen LogP contribution is 2.41. The van der Waals surface area contributed by atoms with Gasteiger partial charge in [-0.1, -0.05) is 6.07 Å². The van der Waals surface area contributed by atoms with Crippen LogP contribution in [0.1, 0.15) is 52.0 Å². The second-order valence-electron chi connectivity index (χ2n) is 10.7. The van der Waals surface area contributed by atoms with E-state index in [9.17, 15) is 22.8 Å². The molecule has 3 aromatic rings. The Hall–Kier alpha value is -3.20. The lowest BCUT2D eigenvalue weighted by atomic mass is 9.90. The van der Waals surface area contributed by atoms with Crippen LogP contribution in [0.3, 0.4) is 0 Å². The predicted octanol–water partition coefficient (Wildman–Crippen LogP) is 7.09. The summed E-state index contributed by atoms with van der Waals surface area (Å²) < 4.78 is 52.6. The standard InChI is InChI=1S/C26H30BrF3N6O4S/c1-24(2,3)40-23(38)36-25(41)9-5-6-13(10-25)33-21-32-12-16(26(28,29)30)19(35-21)15-11-31-20-14(15)7-8-17(18(20)27)34-22(37)39-4/h7-8,11-13,31,41H,5-6,9-10H2,1-4H3,(H,34,37)(H,36,38)(H,32,33,35)/t13-,25-/m0/s1. The van der Waals surface area contributed by atoms with Crippen molar-refractivity contribution in [3.8, 4) is 11.3 Å². The molecule has 1 fully saturated rings. The Morgan fingerprint density at radius 1 is 1.22 bits per heavy atom. The number of benzene rings is 1. The minimum absolute atomic E-state index is 0.00486. The van der Waals surface area contributed by atoms with Crippen molar-refractivity contribution < 1.29 is 32.2 Å². The van der Waals surface area contributed by atoms with Crippen LogP contribution in [0.2, 0.25) is 0 Å². The molecule has 222 valence electrons. The third kappa shape index (κ3) is 7.36. The Labute approximate surface area is 248 Å². The van der Waals surface area contributed by atoms with E-state index in [2.05, 4.69) is 64.2 Å². The summed E-state index contributed by atoms with van der Waals surface area (Å²) in [6.45, 7) is 5.27. The fourth-order valence-electron chi connectivity index (χ4n) is 4.65. The van der Waals surface area contributed by atoms with E-state index in [0.717, 1.165) is 6.20 Å². The number of aromatic nitrogens is 3. The van der Waals surface area contributed by atoms with Gasteiger partial charge in [-0.05, 0) is 62.0 Å². The Balaban J connectivity index is 1.63. The number of nitrogens with zero attached hydrogens (tertiary/aromatic N) is 2. The van der Waals surface area contributed by atoms with Gasteiger partial charge in [0.05, 0.1) is 33.4 Å². The zero-order valence-electron chi connectivity index (χ0n) is 22.7. The van der Waals surface area contributed by atoms with E-state index in [1.807, 2.05) is 0 Å². The van der Waals surface area contributed by atoms with E-state index in [1.54, 1.807) is 32.9 Å². The van der Waals surface area contributed by atoms with Crippen molar-refractivity contribution in [1.29, 1.82) is 0 Å². The van der Waals surface area contributed by atoms with E-state index in [-0.39, 0.29) is 23.2 Å². The fourth-order valence-corrected chi connectivity index (χ4v) is 5.68. The molecule has 0 aliphatic heterocycles. The maximum Gasteiger partial charge on any atom is 0.419 e. The number of amides is 2. The van der Waals surface area contributed by atoms with Gasteiger partial charge < -0.3 is 25.1 Å². The molecule has 0 spiro atoms. The maximum absolute atomic E-state index is 14.1. The number of alkyl halides is 3. The van der Waals surface area contributed by atoms with Gasteiger partial charge in [0.2, 0.25) is 5.95 Å². The first-order valence-electron chi connectivity index (χ1n) is 12.7. The average molecular weight is 660 g/mol. The SMILES string of the molecule is COC(=O)Nc1ccc2c(-c3nc(N[C@H]4CCC[C@@](S)(NC(=O)OC(C)(C)C)C4)ncc3C(F)(F)F)c[nH]c2c1Br. The van der Waals surface area contributed by atoms with Crippen molar-refractivity contribution >= 4 is 63.3 Å². The quantitative estimate of drug-likeness (QED) is 0.146. The number of anilines is 2. The third-order valence-electron chi connectivity index (χ3n) is 6.36. The molecule has 2 heterocycles. The first-order valence-corrected chi connectivity index (χ1v) is 13.9. The number of H-pyrrole nitrogens is 1. The normalized spacial score (nSPS) is 19.5. The van der Waals surface area contributed by atoms with Crippen LogP contribution in [0.4, 0.5) is 34.4 Å². The number of ether oxygens (including phenoxy) is 2. The first kappa shape index (κ1) is 30.8. The minimum Gasteiger partial charge on any atom is -0.453 e. The molecule has 0 bridgehead atoms. The second-order valence-corrected chi connectivity index (χ2v) is 12.4. The molecular weight excluding hydrogens is 629 g/mol. The van der Waals surface area contributed by atoms with E-state index in [1.165, 1.54) is 13.3 Å². The molecule has 41 heavy (non-hydrogen) atoms. The Bertz CT molecular complexity index is 1460. The van der Waals surface area contributed by atoms with Gasteiger partial charge in [-0.2, -0.15) is 25.8 Å². The molecule has 4 N–H and O–H groups in total. The summed E-state index contributed by atoms with van der Waals surface area (Å²) in [6.07, 6.45) is -1.52. The lowest BCUT2D eigenvalue weighted by Crippen LogP contribution is -2.51. The van der Waals surface area contributed by atoms with Gasteiger partial charge in [0.25, 0.3) is 0 Å². The molecule has 2 amide bonds. The Morgan fingerprint density at radius 3 is 2.61 bits per heavy atom. The predicted molar refractivity (Wildman–Crippen MR) is 155 cm³/mol. The number of hydrogen-bond donors (Lipinski definition) is 5. The number of thiol groups is 1. The molecule has 1 saturated carbocycles. The first-order chi connectivity index (χ1) is 19.1. The molecule has 15 heteroatoms. The van der Waals surface area contributed by atoms with Crippen LogP contribution in [-0.4, -0.2) is 50.8 Å². The molecule has 0 saturated heterocycles. The van der Waals surface area contributed by atoms with Crippen molar-refractivity contribution in [2.24, 2.45) is 0 Å². The lowest BCUT2D eigenvalue weighted by molar-refractivity contribution is -0.137. The second kappa shape index (κ2) is 11.6. The Morgan fingerprint density at radius 2 is 1.95 bits per heavy atom. The number of rotatable bonds is 5. The molecule has 10 nitrogen and oxygen atoms in total. The molecule has 1 aromatic carbocycles. The Kier molecular flexibility index (Phi) is 8.69. The summed E-state index contributed by atoms with van der Waals surface area (Å²) in [5, 5.41) is 8.91. The summed E-state index contributed by atoms with van der Waals surface area (Å²) in [5.41, 5.74) is -0.983. The summed E-state index contributed by atoms with van der Waals surface area (Å²) in [6, 6.07) is 2.84. The summed E-state index contributed by atoms with van der Waals surface area (Å²) in [5.74, 6) is 0.00486. The van der Waals surface area contributed by atoms with Crippen LogP contribution in [0, 0.1) is 0 Å². The molecule has 2 aromatic heterocycles. The van der Waals surface area contributed by atoms with Gasteiger partial charge in [0, 0.05) is 35.8 Å². The number of nitrogens with one attached hydrogen (secondary N) is 4. The molecule has 1 aliphatic rings. The van der Waals surface area contributed by atoms with Gasteiger partial charge >= 0.3 is 18.4 Å². The molecule has 2 atom stereocenters.